The molecule has 7 heteroatoms. The summed E-state index contributed by atoms with van der Waals surface area (Å²) in [4.78, 5) is 11.0. The zero-order chi connectivity index (χ0) is 18.9. The molecule has 0 amide bonds. The number of halogens is 1. The summed E-state index contributed by atoms with van der Waals surface area (Å²) in [5.41, 5.74) is -0.00695. The largest absolute Gasteiger partial charge is 0.497 e. The number of hydrogen-bond donors (Lipinski definition) is 1. The Morgan fingerprint density at radius 1 is 1.15 bits per heavy atom. The normalized spacial score (nSPS) is 10.7. The molecule has 0 aromatic heterocycles. The molecule has 0 atom stereocenters. The fourth-order valence-electron chi connectivity index (χ4n) is 2.04. The van der Waals surface area contributed by atoms with Crippen LogP contribution in [0, 0.1) is 11.3 Å². The van der Waals surface area contributed by atoms with Crippen LogP contribution in [0.25, 0.3) is 6.08 Å². The summed E-state index contributed by atoms with van der Waals surface area (Å²) in [6, 6.07) is 13.5. The summed E-state index contributed by atoms with van der Waals surface area (Å²) in [5.74, 6) is 0.490. The van der Waals surface area contributed by atoms with Gasteiger partial charge in [0.2, 0.25) is 0 Å². The Morgan fingerprint density at radius 3 is 2.42 bits per heavy atom. The van der Waals surface area contributed by atoms with Gasteiger partial charge in [-0.05, 0) is 48.5 Å². The fraction of sp³-hybridized carbons (Fsp3) is 0.158. The number of methoxy groups -OCH3 is 1. The molecule has 6 nitrogen and oxygen atoms in total. The molecule has 1 N–H and O–H groups in total. The summed E-state index contributed by atoms with van der Waals surface area (Å²) >= 11 is 5.94. The van der Waals surface area contributed by atoms with Gasteiger partial charge in [0, 0.05) is 10.6 Å². The van der Waals surface area contributed by atoms with E-state index in [1.165, 1.54) is 12.1 Å². The van der Waals surface area contributed by atoms with Crippen LogP contribution in [0.4, 0.5) is 0 Å². The Morgan fingerprint density at radius 2 is 1.81 bits per heavy atom. The number of carboxylic acids is 1. The molecular formula is C19H16ClNO5. The number of aliphatic carboxylic acids is 1. The van der Waals surface area contributed by atoms with Gasteiger partial charge in [-0.3, -0.25) is 0 Å². The molecule has 2 aromatic rings. The molecule has 0 heterocycles. The maximum atomic E-state index is 11.0. The van der Waals surface area contributed by atoms with E-state index in [0.717, 1.165) is 5.75 Å². The molecule has 0 aliphatic carbocycles. The maximum absolute atomic E-state index is 11.0. The third kappa shape index (κ3) is 5.43. The topological polar surface area (TPSA) is 88.8 Å². The highest BCUT2D eigenvalue weighted by Crippen LogP contribution is 2.25. The molecule has 26 heavy (non-hydrogen) atoms. The molecule has 0 saturated carbocycles. The Balaban J connectivity index is 2.00. The second-order valence-electron chi connectivity index (χ2n) is 5.03. The average molecular weight is 374 g/mol. The number of carbonyl (C=O) groups is 1. The SMILES string of the molecule is COc1ccc(OCCOc2ccc(Cl)cc2C=C(C#N)C(=O)O)cc1. The van der Waals surface area contributed by atoms with Gasteiger partial charge in [-0.15, -0.1) is 0 Å². The highest BCUT2D eigenvalue weighted by atomic mass is 35.5. The van der Waals surface area contributed by atoms with Crippen molar-refractivity contribution in [3.8, 4) is 23.3 Å². The Labute approximate surface area is 155 Å². The lowest BCUT2D eigenvalue weighted by atomic mass is 10.1. The first-order valence-electron chi connectivity index (χ1n) is 7.58. The third-order valence-electron chi connectivity index (χ3n) is 3.29. The summed E-state index contributed by atoms with van der Waals surface area (Å²) in [5, 5.41) is 18.3. The highest BCUT2D eigenvalue weighted by molar-refractivity contribution is 6.30. The van der Waals surface area contributed by atoms with Crippen molar-refractivity contribution in [1.82, 2.24) is 0 Å². The second-order valence-corrected chi connectivity index (χ2v) is 5.47. The van der Waals surface area contributed by atoms with Crippen LogP contribution >= 0.6 is 11.6 Å². The van der Waals surface area contributed by atoms with Gasteiger partial charge in [0.1, 0.15) is 42.1 Å². The van der Waals surface area contributed by atoms with Crippen molar-refractivity contribution in [2.24, 2.45) is 0 Å². The lowest BCUT2D eigenvalue weighted by molar-refractivity contribution is -0.132. The molecule has 0 radical (unpaired) electrons. The van der Waals surface area contributed by atoms with E-state index in [4.69, 9.17) is 36.2 Å². The van der Waals surface area contributed by atoms with Gasteiger partial charge in [-0.25, -0.2) is 4.79 Å². The van der Waals surface area contributed by atoms with Crippen LogP contribution in [-0.4, -0.2) is 31.4 Å². The second kappa shape index (κ2) is 9.35. The number of nitrogens with zero attached hydrogens (tertiary/aromatic N) is 1. The zero-order valence-electron chi connectivity index (χ0n) is 13.9. The molecule has 0 saturated heterocycles. The molecule has 2 aromatic carbocycles. The first-order chi connectivity index (χ1) is 12.5. The van der Waals surface area contributed by atoms with Gasteiger partial charge in [0.15, 0.2) is 0 Å². The van der Waals surface area contributed by atoms with E-state index in [2.05, 4.69) is 0 Å². The lowest BCUT2D eigenvalue weighted by Gasteiger charge is -2.11. The van der Waals surface area contributed by atoms with Gasteiger partial charge in [0.05, 0.1) is 7.11 Å². The van der Waals surface area contributed by atoms with Crippen molar-refractivity contribution in [2.75, 3.05) is 20.3 Å². The third-order valence-corrected chi connectivity index (χ3v) is 3.53. The van der Waals surface area contributed by atoms with Crippen LogP contribution in [0.15, 0.2) is 48.0 Å². The van der Waals surface area contributed by atoms with Crippen LogP contribution in [0.3, 0.4) is 0 Å². The van der Waals surface area contributed by atoms with Crippen LogP contribution in [-0.2, 0) is 4.79 Å². The standard InChI is InChI=1S/C19H16ClNO5/c1-24-16-3-5-17(6-4-16)25-8-9-26-18-7-2-15(20)11-13(18)10-14(12-21)19(22)23/h2-7,10-11H,8-9H2,1H3,(H,22,23). The molecule has 0 aliphatic heterocycles. The van der Waals surface area contributed by atoms with E-state index in [0.29, 0.717) is 22.1 Å². The van der Waals surface area contributed by atoms with E-state index in [1.54, 1.807) is 49.6 Å². The number of benzene rings is 2. The van der Waals surface area contributed by atoms with E-state index in [-0.39, 0.29) is 13.2 Å². The molecule has 0 spiro atoms. The molecule has 2 rings (SSSR count). The Kier molecular flexibility index (Phi) is 6.89. The van der Waals surface area contributed by atoms with Gasteiger partial charge >= 0.3 is 5.97 Å². The Bertz CT molecular complexity index is 840. The van der Waals surface area contributed by atoms with Crippen molar-refractivity contribution in [3.63, 3.8) is 0 Å². The first-order valence-corrected chi connectivity index (χ1v) is 7.95. The molecule has 0 bridgehead atoms. The predicted molar refractivity (Wildman–Crippen MR) is 96.7 cm³/mol. The van der Waals surface area contributed by atoms with Crippen molar-refractivity contribution in [1.29, 1.82) is 5.26 Å². The predicted octanol–water partition coefficient (Wildman–Crippen LogP) is 3.80. The molecule has 0 fully saturated rings. The van der Waals surface area contributed by atoms with Crippen LogP contribution in [0.1, 0.15) is 5.56 Å². The van der Waals surface area contributed by atoms with Crippen LogP contribution in [0.5, 0.6) is 17.2 Å². The van der Waals surface area contributed by atoms with Crippen molar-refractivity contribution in [2.45, 2.75) is 0 Å². The first kappa shape index (κ1) is 19.2. The number of hydrogen-bond acceptors (Lipinski definition) is 5. The lowest BCUT2D eigenvalue weighted by Crippen LogP contribution is -2.09. The monoisotopic (exact) mass is 373 g/mol. The van der Waals surface area contributed by atoms with Crippen LogP contribution in [0.2, 0.25) is 5.02 Å². The maximum Gasteiger partial charge on any atom is 0.346 e. The van der Waals surface area contributed by atoms with Gasteiger partial charge < -0.3 is 19.3 Å². The average Bonchev–Trinajstić information content (AvgIpc) is 2.64. The van der Waals surface area contributed by atoms with Crippen molar-refractivity contribution >= 4 is 23.6 Å². The minimum Gasteiger partial charge on any atom is -0.497 e. The summed E-state index contributed by atoms with van der Waals surface area (Å²) < 4.78 is 16.3. The smallest absolute Gasteiger partial charge is 0.346 e. The van der Waals surface area contributed by atoms with Crippen LogP contribution < -0.4 is 14.2 Å². The number of rotatable bonds is 8. The number of nitriles is 1. The Hall–Kier alpha value is -3.17. The van der Waals surface area contributed by atoms with E-state index in [1.807, 2.05) is 0 Å². The molecular weight excluding hydrogens is 358 g/mol. The molecule has 0 aliphatic rings. The zero-order valence-corrected chi connectivity index (χ0v) is 14.7. The summed E-state index contributed by atoms with van der Waals surface area (Å²) in [6.07, 6.45) is 1.22. The van der Waals surface area contributed by atoms with Gasteiger partial charge in [-0.2, -0.15) is 5.26 Å². The summed E-state index contributed by atoms with van der Waals surface area (Å²) in [7, 11) is 1.59. The van der Waals surface area contributed by atoms with Gasteiger partial charge in [-0.1, -0.05) is 11.6 Å². The van der Waals surface area contributed by atoms with E-state index >= 15 is 0 Å². The molecule has 0 unspecified atom stereocenters. The highest BCUT2D eigenvalue weighted by Gasteiger charge is 2.10. The number of carboxylic acid groups (broad SMARTS) is 1. The molecule has 134 valence electrons. The number of ether oxygens (including phenoxy) is 3. The minimum atomic E-state index is -1.32. The quantitative estimate of drug-likeness (QED) is 0.430. The van der Waals surface area contributed by atoms with Gasteiger partial charge in [0.25, 0.3) is 0 Å². The fourth-order valence-corrected chi connectivity index (χ4v) is 2.22. The van der Waals surface area contributed by atoms with Crippen molar-refractivity contribution in [3.05, 3.63) is 58.6 Å². The minimum absolute atomic E-state index is 0.226. The van der Waals surface area contributed by atoms with E-state index < -0.39 is 11.5 Å². The van der Waals surface area contributed by atoms with Crippen molar-refractivity contribution < 1.29 is 24.1 Å². The summed E-state index contributed by atoms with van der Waals surface area (Å²) in [6.45, 7) is 0.506. The van der Waals surface area contributed by atoms with E-state index in [9.17, 15) is 4.79 Å².